The van der Waals surface area contributed by atoms with E-state index in [2.05, 4.69) is 0 Å². The Morgan fingerprint density at radius 1 is 1.35 bits per heavy atom. The molecule has 1 aromatic rings. The Morgan fingerprint density at radius 3 is 2.52 bits per heavy atom. The van der Waals surface area contributed by atoms with Crippen molar-refractivity contribution in [3.8, 4) is 0 Å². The highest BCUT2D eigenvalue weighted by atomic mass is 16.5. The number of piperidine rings is 1. The summed E-state index contributed by atoms with van der Waals surface area (Å²) in [6.07, 6.45) is 2.20. The maximum atomic E-state index is 12.6. The largest absolute Gasteiger partial charge is 0.392 e. The van der Waals surface area contributed by atoms with Crippen molar-refractivity contribution in [3.63, 3.8) is 0 Å². The Balaban J connectivity index is 1.63. The van der Waals surface area contributed by atoms with Crippen molar-refractivity contribution in [2.45, 2.75) is 44.9 Å². The molecule has 1 amide bonds. The SMILES string of the molecule is CCO[C@H]1C[C@@H](O)C12CCN(C(=O)c1ccc(CN)cc1)CC2. The predicted octanol–water partition coefficient (Wildman–Crippen LogP) is 1.54. The van der Waals surface area contributed by atoms with Gasteiger partial charge in [0.25, 0.3) is 5.91 Å². The van der Waals surface area contributed by atoms with Gasteiger partial charge in [-0.1, -0.05) is 12.1 Å². The lowest BCUT2D eigenvalue weighted by molar-refractivity contribution is -0.207. The number of aliphatic hydroxyl groups is 1. The minimum Gasteiger partial charge on any atom is -0.392 e. The van der Waals surface area contributed by atoms with Crippen molar-refractivity contribution in [1.82, 2.24) is 4.90 Å². The number of amides is 1. The number of nitrogens with two attached hydrogens (primary N) is 1. The molecule has 3 N–H and O–H groups in total. The molecule has 5 heteroatoms. The minimum atomic E-state index is -0.292. The molecule has 1 saturated carbocycles. The Bertz CT molecular complexity index is 548. The smallest absolute Gasteiger partial charge is 0.253 e. The second-order valence-corrected chi connectivity index (χ2v) is 6.62. The first-order valence-electron chi connectivity index (χ1n) is 8.48. The summed E-state index contributed by atoms with van der Waals surface area (Å²) in [6, 6.07) is 7.49. The van der Waals surface area contributed by atoms with Crippen molar-refractivity contribution >= 4 is 5.91 Å². The van der Waals surface area contributed by atoms with E-state index in [1.165, 1.54) is 0 Å². The Hall–Kier alpha value is -1.43. The van der Waals surface area contributed by atoms with E-state index in [0.717, 1.165) is 24.8 Å². The van der Waals surface area contributed by atoms with E-state index in [1.54, 1.807) is 0 Å². The maximum absolute atomic E-state index is 12.6. The molecule has 23 heavy (non-hydrogen) atoms. The third kappa shape index (κ3) is 2.89. The highest BCUT2D eigenvalue weighted by Gasteiger charge is 2.56. The number of rotatable bonds is 4. The van der Waals surface area contributed by atoms with Gasteiger partial charge in [-0.05, 0) is 37.5 Å². The fourth-order valence-electron chi connectivity index (χ4n) is 3.91. The van der Waals surface area contributed by atoms with Crippen LogP contribution in [0.25, 0.3) is 0 Å². The predicted molar refractivity (Wildman–Crippen MR) is 87.9 cm³/mol. The summed E-state index contributed by atoms with van der Waals surface area (Å²) >= 11 is 0. The number of aliphatic hydroxyl groups excluding tert-OH is 1. The highest BCUT2D eigenvalue weighted by molar-refractivity contribution is 5.94. The molecule has 2 aliphatic rings. The van der Waals surface area contributed by atoms with E-state index in [9.17, 15) is 9.90 Å². The van der Waals surface area contributed by atoms with Crippen LogP contribution in [0.1, 0.15) is 42.1 Å². The first kappa shape index (κ1) is 16.4. The van der Waals surface area contributed by atoms with Crippen LogP contribution in [-0.4, -0.2) is 47.8 Å². The lowest BCUT2D eigenvalue weighted by atomic mass is 9.58. The summed E-state index contributed by atoms with van der Waals surface area (Å²) in [5, 5.41) is 10.2. The summed E-state index contributed by atoms with van der Waals surface area (Å²) in [7, 11) is 0. The van der Waals surface area contributed by atoms with Gasteiger partial charge in [0.1, 0.15) is 0 Å². The van der Waals surface area contributed by atoms with Crippen LogP contribution in [0.3, 0.4) is 0 Å². The highest BCUT2D eigenvalue weighted by Crippen LogP contribution is 2.51. The summed E-state index contributed by atoms with van der Waals surface area (Å²) in [4.78, 5) is 14.5. The summed E-state index contributed by atoms with van der Waals surface area (Å²) < 4.78 is 5.77. The van der Waals surface area contributed by atoms with Crippen LogP contribution < -0.4 is 5.73 Å². The van der Waals surface area contributed by atoms with Gasteiger partial charge in [0, 0.05) is 43.6 Å². The zero-order valence-corrected chi connectivity index (χ0v) is 13.7. The normalized spacial score (nSPS) is 26.1. The molecule has 1 aliphatic carbocycles. The van der Waals surface area contributed by atoms with Gasteiger partial charge in [0.15, 0.2) is 0 Å². The number of ether oxygens (including phenoxy) is 1. The molecule has 0 radical (unpaired) electrons. The van der Waals surface area contributed by atoms with Gasteiger partial charge in [-0.25, -0.2) is 0 Å². The Morgan fingerprint density at radius 2 is 2.00 bits per heavy atom. The molecule has 1 saturated heterocycles. The monoisotopic (exact) mass is 318 g/mol. The molecule has 3 rings (SSSR count). The summed E-state index contributed by atoms with van der Waals surface area (Å²) in [6.45, 7) is 4.50. The summed E-state index contributed by atoms with van der Waals surface area (Å²) in [5.41, 5.74) is 7.17. The third-order valence-corrected chi connectivity index (χ3v) is 5.53. The molecule has 2 atom stereocenters. The molecule has 1 aromatic carbocycles. The van der Waals surface area contributed by atoms with Gasteiger partial charge in [-0.15, -0.1) is 0 Å². The van der Waals surface area contributed by atoms with Crippen molar-refractivity contribution in [2.75, 3.05) is 19.7 Å². The van der Waals surface area contributed by atoms with Crippen LogP contribution in [0.5, 0.6) is 0 Å². The molecule has 0 aromatic heterocycles. The zero-order chi connectivity index (χ0) is 16.4. The van der Waals surface area contributed by atoms with E-state index in [4.69, 9.17) is 10.5 Å². The van der Waals surface area contributed by atoms with Crippen LogP contribution in [0, 0.1) is 5.41 Å². The molecule has 0 bridgehead atoms. The van der Waals surface area contributed by atoms with Gasteiger partial charge < -0.3 is 20.5 Å². The lowest BCUT2D eigenvalue weighted by Crippen LogP contribution is -2.62. The summed E-state index contributed by atoms with van der Waals surface area (Å²) in [5.74, 6) is 0.0604. The van der Waals surface area contributed by atoms with E-state index >= 15 is 0 Å². The number of carbonyl (C=O) groups excluding carboxylic acids is 1. The maximum Gasteiger partial charge on any atom is 0.253 e. The zero-order valence-electron chi connectivity index (χ0n) is 13.7. The van der Waals surface area contributed by atoms with Crippen LogP contribution in [0.2, 0.25) is 0 Å². The molecular weight excluding hydrogens is 292 g/mol. The quantitative estimate of drug-likeness (QED) is 0.883. The molecule has 1 heterocycles. The van der Waals surface area contributed by atoms with Gasteiger partial charge in [0.05, 0.1) is 12.2 Å². The second kappa shape index (κ2) is 6.59. The fraction of sp³-hybridized carbons (Fsp3) is 0.611. The average Bonchev–Trinajstić information content (AvgIpc) is 2.61. The Kier molecular flexibility index (Phi) is 4.71. The molecule has 1 aliphatic heterocycles. The van der Waals surface area contributed by atoms with Gasteiger partial charge in [-0.3, -0.25) is 4.79 Å². The number of likely N-dealkylation sites (tertiary alicyclic amines) is 1. The fourth-order valence-corrected chi connectivity index (χ4v) is 3.91. The van der Waals surface area contributed by atoms with Crippen molar-refractivity contribution < 1.29 is 14.6 Å². The van der Waals surface area contributed by atoms with Gasteiger partial charge in [0.2, 0.25) is 0 Å². The molecule has 0 unspecified atom stereocenters. The van der Waals surface area contributed by atoms with Crippen molar-refractivity contribution in [3.05, 3.63) is 35.4 Å². The van der Waals surface area contributed by atoms with Crippen LogP contribution in [-0.2, 0) is 11.3 Å². The molecule has 126 valence electrons. The van der Waals surface area contributed by atoms with E-state index < -0.39 is 0 Å². The van der Waals surface area contributed by atoms with Crippen molar-refractivity contribution in [1.29, 1.82) is 0 Å². The number of hydrogen-bond acceptors (Lipinski definition) is 4. The minimum absolute atomic E-state index is 0.0604. The number of nitrogens with zero attached hydrogens (tertiary/aromatic N) is 1. The van der Waals surface area contributed by atoms with Crippen LogP contribution >= 0.6 is 0 Å². The molecular formula is C18H26N2O3. The van der Waals surface area contributed by atoms with Crippen LogP contribution in [0.15, 0.2) is 24.3 Å². The standard InChI is InChI=1S/C18H26N2O3/c1-2-23-16-11-15(21)18(16)7-9-20(10-8-18)17(22)14-5-3-13(12-19)4-6-14/h3-6,15-16,21H,2,7-12,19H2,1H3/t15-,16+/m1/s1. The third-order valence-electron chi connectivity index (χ3n) is 5.53. The van der Waals surface area contributed by atoms with E-state index in [0.29, 0.717) is 31.8 Å². The first-order chi connectivity index (χ1) is 11.1. The molecule has 1 spiro atoms. The van der Waals surface area contributed by atoms with Gasteiger partial charge >= 0.3 is 0 Å². The van der Waals surface area contributed by atoms with E-state index in [-0.39, 0.29) is 23.5 Å². The Labute approximate surface area is 137 Å². The average molecular weight is 318 g/mol. The lowest BCUT2D eigenvalue weighted by Gasteiger charge is -2.56. The van der Waals surface area contributed by atoms with E-state index in [1.807, 2.05) is 36.1 Å². The molecule has 5 nitrogen and oxygen atoms in total. The number of benzene rings is 1. The number of hydrogen-bond donors (Lipinski definition) is 2. The molecule has 2 fully saturated rings. The van der Waals surface area contributed by atoms with Gasteiger partial charge in [-0.2, -0.15) is 0 Å². The van der Waals surface area contributed by atoms with Crippen LogP contribution in [0.4, 0.5) is 0 Å². The first-order valence-corrected chi connectivity index (χ1v) is 8.48. The topological polar surface area (TPSA) is 75.8 Å². The number of carbonyl (C=O) groups is 1. The second-order valence-electron chi connectivity index (χ2n) is 6.62. The van der Waals surface area contributed by atoms with Crippen molar-refractivity contribution in [2.24, 2.45) is 11.1 Å².